The summed E-state index contributed by atoms with van der Waals surface area (Å²) in [5.41, 5.74) is 0.695. The zero-order valence-electron chi connectivity index (χ0n) is 17.0. The number of halogens is 1. The number of carbonyl (C=O) groups is 3. The predicted molar refractivity (Wildman–Crippen MR) is 110 cm³/mol. The van der Waals surface area contributed by atoms with Gasteiger partial charge in [-0.3, -0.25) is 14.4 Å². The number of rotatable bonds is 5. The minimum absolute atomic E-state index is 0.107. The summed E-state index contributed by atoms with van der Waals surface area (Å²) in [4.78, 5) is 39.5. The van der Waals surface area contributed by atoms with Gasteiger partial charge in [0.05, 0.1) is 19.2 Å². The third kappa shape index (κ3) is 5.87. The van der Waals surface area contributed by atoms with Gasteiger partial charge in [0.1, 0.15) is 0 Å². The normalized spacial score (nSPS) is 14.3. The van der Waals surface area contributed by atoms with Gasteiger partial charge in [-0.2, -0.15) is 0 Å². The van der Waals surface area contributed by atoms with Gasteiger partial charge in [0.25, 0.3) is 0 Å². The van der Waals surface area contributed by atoms with Crippen LogP contribution in [0.1, 0.15) is 19.4 Å². The highest BCUT2D eigenvalue weighted by molar-refractivity contribution is 6.35. The van der Waals surface area contributed by atoms with Crippen LogP contribution in [0.25, 0.3) is 6.08 Å². The molecule has 158 valence electrons. The third-order valence-electron chi connectivity index (χ3n) is 4.37. The average Bonchev–Trinajstić information content (AvgIpc) is 2.70. The summed E-state index contributed by atoms with van der Waals surface area (Å²) in [6, 6.07) is 3.29. The van der Waals surface area contributed by atoms with Crippen LogP contribution in [0.3, 0.4) is 0 Å². The number of nitrogens with one attached hydrogen (secondary N) is 1. The smallest absolute Gasteiger partial charge is 0.312 e. The lowest BCUT2D eigenvalue weighted by atomic mass is 10.1. The zero-order chi connectivity index (χ0) is 21.6. The molecule has 1 N–H and O–H groups in total. The number of methoxy groups -OCH3 is 2. The molecule has 1 aromatic rings. The second-order valence-electron chi connectivity index (χ2n) is 6.82. The summed E-state index contributed by atoms with van der Waals surface area (Å²) >= 11 is 6.18. The van der Waals surface area contributed by atoms with Crippen molar-refractivity contribution in [1.29, 1.82) is 0 Å². The van der Waals surface area contributed by atoms with Crippen LogP contribution in [0.5, 0.6) is 11.5 Å². The van der Waals surface area contributed by atoms with Crippen molar-refractivity contribution in [1.82, 2.24) is 15.1 Å². The molecule has 0 aromatic heterocycles. The quantitative estimate of drug-likeness (QED) is 0.573. The first kappa shape index (κ1) is 22.5. The van der Waals surface area contributed by atoms with Gasteiger partial charge in [0, 0.05) is 38.3 Å². The highest BCUT2D eigenvalue weighted by Gasteiger charge is 2.27. The van der Waals surface area contributed by atoms with Gasteiger partial charge in [0.2, 0.25) is 5.91 Å². The Labute approximate surface area is 175 Å². The van der Waals surface area contributed by atoms with Crippen LogP contribution < -0.4 is 14.8 Å². The Morgan fingerprint density at radius 3 is 2.24 bits per heavy atom. The summed E-state index contributed by atoms with van der Waals surface area (Å²) < 4.78 is 10.4. The number of hydrogen-bond acceptors (Lipinski definition) is 5. The number of carbonyl (C=O) groups excluding carboxylic acids is 3. The van der Waals surface area contributed by atoms with Crippen molar-refractivity contribution in [3.63, 3.8) is 0 Å². The van der Waals surface area contributed by atoms with Crippen LogP contribution in [0.4, 0.5) is 0 Å². The van der Waals surface area contributed by atoms with Crippen LogP contribution in [0, 0.1) is 0 Å². The first-order valence-corrected chi connectivity index (χ1v) is 9.62. The lowest BCUT2D eigenvalue weighted by molar-refractivity contribution is -0.148. The van der Waals surface area contributed by atoms with Gasteiger partial charge in [0.15, 0.2) is 11.5 Å². The first-order valence-electron chi connectivity index (χ1n) is 9.25. The molecule has 1 heterocycles. The van der Waals surface area contributed by atoms with Crippen molar-refractivity contribution in [3.8, 4) is 11.5 Å². The van der Waals surface area contributed by atoms with E-state index in [4.69, 9.17) is 21.1 Å². The van der Waals surface area contributed by atoms with E-state index >= 15 is 0 Å². The lowest BCUT2D eigenvalue weighted by Gasteiger charge is -2.33. The maximum absolute atomic E-state index is 12.5. The summed E-state index contributed by atoms with van der Waals surface area (Å²) in [5, 5.41) is 2.96. The molecule has 0 atom stereocenters. The summed E-state index contributed by atoms with van der Waals surface area (Å²) in [6.45, 7) is 4.92. The number of nitrogens with zero attached hydrogens (tertiary/aromatic N) is 2. The molecule has 1 aromatic carbocycles. The molecule has 0 unspecified atom stereocenters. The van der Waals surface area contributed by atoms with Gasteiger partial charge >= 0.3 is 11.8 Å². The average molecular weight is 424 g/mol. The van der Waals surface area contributed by atoms with Gasteiger partial charge in [-0.15, -0.1) is 0 Å². The first-order chi connectivity index (χ1) is 13.8. The number of benzene rings is 1. The van der Waals surface area contributed by atoms with Crippen LogP contribution in [0.2, 0.25) is 5.02 Å². The molecule has 1 saturated heterocycles. The Kier molecular flexibility index (Phi) is 7.90. The molecule has 0 spiro atoms. The topological polar surface area (TPSA) is 88.2 Å². The molecule has 1 fully saturated rings. The SMILES string of the molecule is COc1cc(/C=C/C(=O)N2CCN(C(=O)C(=O)NC(C)C)CC2)cc(Cl)c1OC. The maximum atomic E-state index is 12.5. The van der Waals surface area contributed by atoms with E-state index in [-0.39, 0.29) is 11.9 Å². The van der Waals surface area contributed by atoms with E-state index in [0.29, 0.717) is 48.3 Å². The fourth-order valence-electron chi connectivity index (χ4n) is 2.90. The number of hydrogen-bond donors (Lipinski definition) is 1. The van der Waals surface area contributed by atoms with Crippen molar-refractivity contribution in [2.45, 2.75) is 19.9 Å². The molecule has 0 radical (unpaired) electrons. The van der Waals surface area contributed by atoms with Crippen molar-refractivity contribution in [3.05, 3.63) is 28.8 Å². The Morgan fingerprint density at radius 1 is 1.07 bits per heavy atom. The van der Waals surface area contributed by atoms with Gasteiger partial charge in [-0.1, -0.05) is 11.6 Å². The molecular formula is C20H26ClN3O5. The minimum atomic E-state index is -0.620. The van der Waals surface area contributed by atoms with Crippen LogP contribution in [-0.2, 0) is 14.4 Å². The van der Waals surface area contributed by atoms with E-state index in [1.54, 1.807) is 37.0 Å². The predicted octanol–water partition coefficient (Wildman–Crippen LogP) is 1.57. The maximum Gasteiger partial charge on any atom is 0.312 e. The van der Waals surface area contributed by atoms with E-state index in [2.05, 4.69) is 5.32 Å². The van der Waals surface area contributed by atoms with Crippen molar-refractivity contribution >= 4 is 35.4 Å². The Morgan fingerprint density at radius 2 is 1.69 bits per heavy atom. The monoisotopic (exact) mass is 423 g/mol. The molecule has 29 heavy (non-hydrogen) atoms. The highest BCUT2D eigenvalue weighted by atomic mass is 35.5. The summed E-state index contributed by atoms with van der Waals surface area (Å²) in [5.74, 6) is -0.472. The Bertz CT molecular complexity index is 802. The van der Waals surface area contributed by atoms with Crippen LogP contribution >= 0.6 is 11.6 Å². The molecule has 2 rings (SSSR count). The largest absolute Gasteiger partial charge is 0.493 e. The number of amides is 3. The third-order valence-corrected chi connectivity index (χ3v) is 4.65. The van der Waals surface area contributed by atoms with E-state index in [1.165, 1.54) is 25.2 Å². The van der Waals surface area contributed by atoms with Gasteiger partial charge in [-0.05, 0) is 37.6 Å². The van der Waals surface area contributed by atoms with Crippen molar-refractivity contribution in [2.24, 2.45) is 0 Å². The standard InChI is InChI=1S/C20H26ClN3O5/c1-13(2)22-19(26)20(27)24-9-7-23(8-10-24)17(25)6-5-14-11-15(21)18(29-4)16(12-14)28-3/h5-6,11-13H,7-10H2,1-4H3,(H,22,26)/b6-5+. The fourth-order valence-corrected chi connectivity index (χ4v) is 3.20. The summed E-state index contributed by atoms with van der Waals surface area (Å²) in [7, 11) is 3.01. The van der Waals surface area contributed by atoms with Crippen LogP contribution in [-0.4, -0.2) is 74.0 Å². The van der Waals surface area contributed by atoms with Crippen molar-refractivity contribution < 1.29 is 23.9 Å². The fraction of sp³-hybridized carbons (Fsp3) is 0.450. The highest BCUT2D eigenvalue weighted by Crippen LogP contribution is 2.36. The van der Waals surface area contributed by atoms with E-state index in [0.717, 1.165) is 0 Å². The lowest BCUT2D eigenvalue weighted by Crippen LogP contribution is -2.54. The van der Waals surface area contributed by atoms with Gasteiger partial charge in [-0.25, -0.2) is 0 Å². The number of ether oxygens (including phenoxy) is 2. The molecular weight excluding hydrogens is 398 g/mol. The zero-order valence-corrected chi connectivity index (χ0v) is 17.8. The second kappa shape index (κ2) is 10.2. The summed E-state index contributed by atoms with van der Waals surface area (Å²) in [6.07, 6.45) is 3.09. The van der Waals surface area contributed by atoms with E-state index in [1.807, 2.05) is 0 Å². The molecule has 0 saturated carbocycles. The Hall–Kier alpha value is -2.74. The van der Waals surface area contributed by atoms with E-state index < -0.39 is 11.8 Å². The number of piperazine rings is 1. The molecule has 1 aliphatic heterocycles. The van der Waals surface area contributed by atoms with Crippen LogP contribution in [0.15, 0.2) is 18.2 Å². The van der Waals surface area contributed by atoms with Crippen molar-refractivity contribution in [2.75, 3.05) is 40.4 Å². The molecule has 8 nitrogen and oxygen atoms in total. The molecule has 1 aliphatic rings. The Balaban J connectivity index is 1.95. The minimum Gasteiger partial charge on any atom is -0.493 e. The molecule has 3 amide bonds. The second-order valence-corrected chi connectivity index (χ2v) is 7.22. The molecule has 0 aliphatic carbocycles. The van der Waals surface area contributed by atoms with Gasteiger partial charge < -0.3 is 24.6 Å². The van der Waals surface area contributed by atoms with E-state index in [9.17, 15) is 14.4 Å². The molecule has 9 heteroatoms. The molecule has 0 bridgehead atoms.